The van der Waals surface area contributed by atoms with E-state index in [1.54, 1.807) is 12.1 Å². The van der Waals surface area contributed by atoms with Crippen molar-refractivity contribution in [3.63, 3.8) is 0 Å². The van der Waals surface area contributed by atoms with Crippen molar-refractivity contribution < 1.29 is 33.0 Å². The van der Waals surface area contributed by atoms with Crippen LogP contribution in [0, 0.1) is 5.92 Å². The van der Waals surface area contributed by atoms with Crippen LogP contribution in [0.5, 0.6) is 5.06 Å². The number of halogens is 2. The van der Waals surface area contributed by atoms with E-state index in [1.807, 2.05) is 25.1 Å². The molecular formula is C29H39F2NO5S. The molecule has 0 aliphatic carbocycles. The van der Waals surface area contributed by atoms with Gasteiger partial charge >= 0.3 is 12.1 Å². The van der Waals surface area contributed by atoms with Crippen LogP contribution in [0.2, 0.25) is 0 Å². The normalized spacial score (nSPS) is 18.4. The van der Waals surface area contributed by atoms with Gasteiger partial charge in [-0.3, -0.25) is 4.79 Å². The molecule has 1 amide bonds. The summed E-state index contributed by atoms with van der Waals surface area (Å²) in [6.07, 6.45) is 5.12. The van der Waals surface area contributed by atoms with E-state index in [-0.39, 0.29) is 12.5 Å². The molecule has 2 heterocycles. The monoisotopic (exact) mass is 551 g/mol. The number of hydrogen-bond donors (Lipinski definition) is 1. The predicted octanol–water partition coefficient (Wildman–Crippen LogP) is 6.64. The maximum Gasteiger partial charge on any atom is 0.514 e. The molecule has 0 spiro atoms. The number of ether oxygens (including phenoxy) is 2. The second-order valence-electron chi connectivity index (χ2n) is 10.1. The second-order valence-corrected chi connectivity index (χ2v) is 11.3. The minimum Gasteiger partial charge on any atom is -0.437 e. The lowest BCUT2D eigenvalue weighted by Crippen LogP contribution is -2.37. The zero-order chi connectivity index (χ0) is 27.5. The van der Waals surface area contributed by atoms with E-state index in [0.29, 0.717) is 30.7 Å². The minimum atomic E-state index is -3.36. The molecule has 3 rings (SSSR count). The summed E-state index contributed by atoms with van der Waals surface area (Å²) in [5.41, 5.74) is 1.33. The Balaban J connectivity index is 1.39. The number of aliphatic hydroxyl groups is 1. The molecule has 9 heteroatoms. The van der Waals surface area contributed by atoms with Crippen molar-refractivity contribution in [2.75, 3.05) is 13.7 Å². The van der Waals surface area contributed by atoms with E-state index >= 15 is 0 Å². The third-order valence-corrected chi connectivity index (χ3v) is 8.26. The van der Waals surface area contributed by atoms with Crippen LogP contribution in [0.3, 0.4) is 0 Å². The van der Waals surface area contributed by atoms with E-state index in [9.17, 15) is 23.5 Å². The van der Waals surface area contributed by atoms with Gasteiger partial charge in [-0.2, -0.15) is 8.78 Å². The number of alkyl halides is 2. The number of carbonyl (C=O) groups excluding carboxylic acids is 2. The van der Waals surface area contributed by atoms with Crippen LogP contribution >= 0.6 is 11.3 Å². The van der Waals surface area contributed by atoms with E-state index < -0.39 is 36.6 Å². The molecule has 1 aromatic carbocycles. The maximum absolute atomic E-state index is 14.3. The number of methoxy groups -OCH3 is 1. The molecule has 1 aliphatic rings. The molecule has 1 aliphatic heterocycles. The van der Waals surface area contributed by atoms with Gasteiger partial charge in [0, 0.05) is 23.9 Å². The fraction of sp³-hybridized carbons (Fsp3) is 0.586. The van der Waals surface area contributed by atoms with Gasteiger partial charge in [0.05, 0.1) is 13.2 Å². The van der Waals surface area contributed by atoms with Crippen molar-refractivity contribution in [2.24, 2.45) is 5.92 Å². The lowest BCUT2D eigenvalue weighted by Gasteiger charge is -2.26. The lowest BCUT2D eigenvalue weighted by atomic mass is 9.92. The Morgan fingerprint density at radius 1 is 1.11 bits per heavy atom. The molecule has 1 N–H and O–H groups in total. The Bertz CT molecular complexity index is 1020. The van der Waals surface area contributed by atoms with Crippen molar-refractivity contribution in [2.45, 2.75) is 89.2 Å². The minimum absolute atomic E-state index is 0.0815. The Morgan fingerprint density at radius 3 is 2.61 bits per heavy atom. The van der Waals surface area contributed by atoms with E-state index in [0.717, 1.165) is 37.0 Å². The van der Waals surface area contributed by atoms with Gasteiger partial charge in [0.1, 0.15) is 0 Å². The zero-order valence-corrected chi connectivity index (χ0v) is 23.1. The fourth-order valence-corrected chi connectivity index (χ4v) is 5.85. The molecule has 0 saturated carbocycles. The van der Waals surface area contributed by atoms with Crippen LogP contribution in [0.1, 0.15) is 68.7 Å². The number of thiophene rings is 1. The van der Waals surface area contributed by atoms with Crippen molar-refractivity contribution >= 4 is 23.4 Å². The molecule has 1 fully saturated rings. The Labute approximate surface area is 227 Å². The number of rotatable bonds is 15. The second kappa shape index (κ2) is 14.6. The van der Waals surface area contributed by atoms with Gasteiger partial charge in [0.2, 0.25) is 0 Å². The highest BCUT2D eigenvalue weighted by Gasteiger charge is 2.52. The molecule has 210 valence electrons. The van der Waals surface area contributed by atoms with Crippen LogP contribution in [-0.2, 0) is 22.4 Å². The third-order valence-electron chi connectivity index (χ3n) is 7.24. The number of aliphatic hydroxyl groups excluding tert-OH is 1. The average Bonchev–Trinajstić information content (AvgIpc) is 3.43. The highest BCUT2D eigenvalue weighted by molar-refractivity contribution is 7.13. The first-order chi connectivity index (χ1) is 18.2. The molecule has 1 aromatic heterocycles. The highest BCUT2D eigenvalue weighted by atomic mass is 32.1. The highest BCUT2D eigenvalue weighted by Crippen LogP contribution is 2.36. The number of amides is 1. The first kappa shape index (κ1) is 30.0. The largest absolute Gasteiger partial charge is 0.514 e. The number of benzene rings is 1. The Hall–Kier alpha value is -2.52. The van der Waals surface area contributed by atoms with E-state index in [4.69, 9.17) is 4.74 Å². The lowest BCUT2D eigenvalue weighted by molar-refractivity contribution is -0.148. The number of unbranched alkanes of at least 4 members (excludes halogenated alkanes) is 2. The zero-order valence-electron chi connectivity index (χ0n) is 22.2. The fourth-order valence-electron chi connectivity index (χ4n) is 4.96. The van der Waals surface area contributed by atoms with Gasteiger partial charge in [-0.05, 0) is 68.6 Å². The summed E-state index contributed by atoms with van der Waals surface area (Å²) in [4.78, 5) is 25.8. The maximum atomic E-state index is 14.3. The van der Waals surface area contributed by atoms with Crippen LogP contribution in [0.15, 0.2) is 42.5 Å². The number of aryl methyl sites for hydroxylation is 2. The predicted molar refractivity (Wildman–Crippen MR) is 144 cm³/mol. The standard InChI is InChI=1S/C29H39F2NO5S/c1-21(10-5-3-6-11-22-12-7-4-8-13-22)25(33)17-15-23-20-29(30,31)27(34)32(23)19-9-14-24-16-18-26(38-24)37-28(35)36-2/h4,7-8,12-13,16,18,21,23,25,33H,3,5-6,9-11,14-15,17,19-20H2,1-2H3/t21-,23-,25+/m0/s1. The summed E-state index contributed by atoms with van der Waals surface area (Å²) < 4.78 is 38.0. The number of nitrogens with zero attached hydrogens (tertiary/aromatic N) is 1. The SMILES string of the molecule is COC(=O)Oc1ccc(CCCN2C(=O)C(F)(F)C[C@@H]2CC[C@@H](O)[C@@H](C)CCCCCc2ccccc2)s1. The Kier molecular flexibility index (Phi) is 11.5. The first-order valence-electron chi connectivity index (χ1n) is 13.4. The molecule has 6 nitrogen and oxygen atoms in total. The van der Waals surface area contributed by atoms with Crippen molar-refractivity contribution in [3.8, 4) is 5.06 Å². The van der Waals surface area contributed by atoms with Gasteiger partial charge in [-0.25, -0.2) is 4.79 Å². The summed E-state index contributed by atoms with van der Waals surface area (Å²) in [7, 11) is 1.23. The van der Waals surface area contributed by atoms with E-state index in [2.05, 4.69) is 16.9 Å². The molecule has 3 atom stereocenters. The Morgan fingerprint density at radius 2 is 1.87 bits per heavy atom. The molecular weight excluding hydrogens is 512 g/mol. The molecule has 38 heavy (non-hydrogen) atoms. The number of carbonyl (C=O) groups is 2. The number of hydrogen-bond acceptors (Lipinski definition) is 6. The third kappa shape index (κ3) is 9.05. The van der Waals surface area contributed by atoms with Crippen LogP contribution < -0.4 is 4.74 Å². The van der Waals surface area contributed by atoms with Gasteiger partial charge in [-0.1, -0.05) is 50.1 Å². The molecule has 1 saturated heterocycles. The van der Waals surface area contributed by atoms with Gasteiger partial charge in [0.15, 0.2) is 5.06 Å². The quantitative estimate of drug-likeness (QED) is 0.198. The molecule has 0 unspecified atom stereocenters. The smallest absolute Gasteiger partial charge is 0.437 e. The summed E-state index contributed by atoms with van der Waals surface area (Å²) in [5, 5.41) is 11.1. The van der Waals surface area contributed by atoms with Crippen LogP contribution in [0.25, 0.3) is 0 Å². The molecule has 0 radical (unpaired) electrons. The first-order valence-corrected chi connectivity index (χ1v) is 14.3. The van der Waals surface area contributed by atoms with Crippen molar-refractivity contribution in [1.29, 1.82) is 0 Å². The van der Waals surface area contributed by atoms with Crippen molar-refractivity contribution in [1.82, 2.24) is 4.90 Å². The summed E-state index contributed by atoms with van der Waals surface area (Å²) in [6.45, 7) is 2.23. The van der Waals surface area contributed by atoms with Gasteiger partial charge in [-0.15, -0.1) is 11.3 Å². The molecule has 0 bridgehead atoms. The van der Waals surface area contributed by atoms with Crippen LogP contribution in [0.4, 0.5) is 13.6 Å². The van der Waals surface area contributed by atoms with Gasteiger partial charge < -0.3 is 19.5 Å². The summed E-state index contributed by atoms with van der Waals surface area (Å²) in [6, 6.07) is 13.3. The van der Waals surface area contributed by atoms with Gasteiger partial charge in [0.25, 0.3) is 5.91 Å². The summed E-state index contributed by atoms with van der Waals surface area (Å²) >= 11 is 1.28. The summed E-state index contributed by atoms with van der Waals surface area (Å²) in [5.74, 6) is -4.40. The molecule has 2 aromatic rings. The number of likely N-dealkylation sites (tertiary alicyclic amines) is 1. The van der Waals surface area contributed by atoms with E-state index in [1.165, 1.54) is 28.9 Å². The topological polar surface area (TPSA) is 76.1 Å². The van der Waals surface area contributed by atoms with Crippen LogP contribution in [-0.4, -0.2) is 53.8 Å². The van der Waals surface area contributed by atoms with Crippen molar-refractivity contribution in [3.05, 3.63) is 52.9 Å². The average molecular weight is 552 g/mol.